The number of aryl methyl sites for hydroxylation is 2. The molecule has 0 fully saturated rings. The van der Waals surface area contributed by atoms with Crippen molar-refractivity contribution in [3.8, 4) is 5.69 Å². The molecule has 1 heterocycles. The fraction of sp³-hybridized carbons (Fsp3) is 0.217. The number of amides is 1. The fourth-order valence-electron chi connectivity index (χ4n) is 3.15. The molecule has 0 unspecified atom stereocenters. The molecule has 0 saturated heterocycles. The Balaban J connectivity index is 1.54. The van der Waals surface area contributed by atoms with Crippen molar-refractivity contribution < 1.29 is 13.2 Å². The van der Waals surface area contributed by atoms with Gasteiger partial charge in [0.25, 0.3) is 5.91 Å². The molecule has 8 heteroatoms. The first-order valence-corrected chi connectivity index (χ1v) is 11.4. The SMILES string of the molecule is C=CCNS(=O)(=O)c1ccc(C(=O)NCCc2ccc(-n3nc(C)cc3C)cc2)cc1. The van der Waals surface area contributed by atoms with Crippen molar-refractivity contribution in [2.45, 2.75) is 25.2 Å². The first kappa shape index (κ1) is 22.5. The van der Waals surface area contributed by atoms with Gasteiger partial charge in [-0.15, -0.1) is 6.58 Å². The van der Waals surface area contributed by atoms with E-state index in [2.05, 4.69) is 21.7 Å². The summed E-state index contributed by atoms with van der Waals surface area (Å²) >= 11 is 0. The van der Waals surface area contributed by atoms with Crippen LogP contribution in [-0.4, -0.2) is 37.2 Å². The summed E-state index contributed by atoms with van der Waals surface area (Å²) in [7, 11) is -3.60. The Kier molecular flexibility index (Phi) is 7.04. The van der Waals surface area contributed by atoms with Gasteiger partial charge in [-0.2, -0.15) is 5.10 Å². The van der Waals surface area contributed by atoms with Gasteiger partial charge in [-0.05, 0) is 68.3 Å². The van der Waals surface area contributed by atoms with Gasteiger partial charge in [0.2, 0.25) is 10.0 Å². The van der Waals surface area contributed by atoms with Crippen LogP contribution >= 0.6 is 0 Å². The average Bonchev–Trinajstić information content (AvgIpc) is 3.10. The summed E-state index contributed by atoms with van der Waals surface area (Å²) in [6.45, 7) is 8.08. The van der Waals surface area contributed by atoms with E-state index in [0.29, 0.717) is 18.5 Å². The molecule has 1 amide bonds. The van der Waals surface area contributed by atoms with Crippen LogP contribution in [0.2, 0.25) is 0 Å². The Morgan fingerprint density at radius 2 is 1.77 bits per heavy atom. The van der Waals surface area contributed by atoms with Gasteiger partial charge in [0.15, 0.2) is 0 Å². The van der Waals surface area contributed by atoms with Crippen molar-refractivity contribution >= 4 is 15.9 Å². The van der Waals surface area contributed by atoms with Crippen LogP contribution in [0.1, 0.15) is 27.3 Å². The molecule has 7 nitrogen and oxygen atoms in total. The maximum absolute atomic E-state index is 12.3. The topological polar surface area (TPSA) is 93.1 Å². The molecule has 0 bridgehead atoms. The number of benzene rings is 2. The molecular weight excluding hydrogens is 412 g/mol. The number of sulfonamides is 1. The van der Waals surface area contributed by atoms with E-state index >= 15 is 0 Å². The second-order valence-electron chi connectivity index (χ2n) is 7.18. The molecule has 0 saturated carbocycles. The Hall–Kier alpha value is -3.23. The van der Waals surface area contributed by atoms with Crippen LogP contribution in [-0.2, 0) is 16.4 Å². The van der Waals surface area contributed by atoms with Crippen molar-refractivity contribution in [1.82, 2.24) is 19.8 Å². The number of rotatable bonds is 9. The minimum atomic E-state index is -3.60. The van der Waals surface area contributed by atoms with E-state index in [9.17, 15) is 13.2 Å². The first-order chi connectivity index (χ1) is 14.8. The van der Waals surface area contributed by atoms with Crippen LogP contribution in [0.3, 0.4) is 0 Å². The number of hydrogen-bond donors (Lipinski definition) is 2. The van der Waals surface area contributed by atoms with Gasteiger partial charge in [-0.1, -0.05) is 18.2 Å². The lowest BCUT2D eigenvalue weighted by Gasteiger charge is -2.09. The predicted molar refractivity (Wildman–Crippen MR) is 121 cm³/mol. The highest BCUT2D eigenvalue weighted by Gasteiger charge is 2.14. The van der Waals surface area contributed by atoms with E-state index in [4.69, 9.17) is 0 Å². The third-order valence-corrected chi connectivity index (χ3v) is 6.17. The maximum Gasteiger partial charge on any atom is 0.251 e. The van der Waals surface area contributed by atoms with E-state index in [-0.39, 0.29) is 17.3 Å². The number of nitrogens with zero attached hydrogens (tertiary/aromatic N) is 2. The highest BCUT2D eigenvalue weighted by atomic mass is 32.2. The van der Waals surface area contributed by atoms with Gasteiger partial charge in [-0.25, -0.2) is 17.8 Å². The number of hydrogen-bond acceptors (Lipinski definition) is 4. The summed E-state index contributed by atoms with van der Waals surface area (Å²) in [6, 6.07) is 15.9. The molecule has 0 aliphatic heterocycles. The van der Waals surface area contributed by atoms with Crippen molar-refractivity contribution in [1.29, 1.82) is 0 Å². The second kappa shape index (κ2) is 9.72. The molecule has 0 aliphatic carbocycles. The summed E-state index contributed by atoms with van der Waals surface area (Å²) in [5.74, 6) is -0.248. The van der Waals surface area contributed by atoms with E-state index in [0.717, 1.165) is 22.6 Å². The largest absolute Gasteiger partial charge is 0.352 e. The molecule has 162 valence electrons. The molecular formula is C23H26N4O3S. The van der Waals surface area contributed by atoms with Crippen LogP contribution < -0.4 is 10.0 Å². The maximum atomic E-state index is 12.3. The summed E-state index contributed by atoms with van der Waals surface area (Å²) in [5.41, 5.74) is 4.55. The zero-order valence-electron chi connectivity index (χ0n) is 17.6. The third-order valence-electron chi connectivity index (χ3n) is 4.73. The Morgan fingerprint density at radius 1 is 1.10 bits per heavy atom. The summed E-state index contributed by atoms with van der Waals surface area (Å²) < 4.78 is 28.4. The minimum absolute atomic E-state index is 0.105. The molecule has 2 aromatic carbocycles. The first-order valence-electron chi connectivity index (χ1n) is 9.91. The molecule has 0 aliphatic rings. The Morgan fingerprint density at radius 3 is 2.35 bits per heavy atom. The van der Waals surface area contributed by atoms with Crippen LogP contribution in [0, 0.1) is 13.8 Å². The number of aromatic nitrogens is 2. The highest BCUT2D eigenvalue weighted by Crippen LogP contribution is 2.14. The van der Waals surface area contributed by atoms with Crippen LogP contribution in [0.25, 0.3) is 5.69 Å². The normalized spacial score (nSPS) is 11.3. The van der Waals surface area contributed by atoms with Gasteiger partial charge in [0, 0.05) is 24.3 Å². The molecule has 31 heavy (non-hydrogen) atoms. The monoisotopic (exact) mass is 438 g/mol. The third kappa shape index (κ3) is 5.68. The van der Waals surface area contributed by atoms with Crippen LogP contribution in [0.4, 0.5) is 0 Å². The summed E-state index contributed by atoms with van der Waals surface area (Å²) in [4.78, 5) is 12.5. The highest BCUT2D eigenvalue weighted by molar-refractivity contribution is 7.89. The Bertz CT molecular complexity index is 1160. The number of carbonyl (C=O) groups excluding carboxylic acids is 1. The van der Waals surface area contributed by atoms with E-state index in [1.54, 1.807) is 0 Å². The molecule has 3 aromatic rings. The predicted octanol–water partition coefficient (Wildman–Crippen LogP) is 2.93. The standard InChI is InChI=1S/C23H26N4O3S/c1-4-14-25-31(29,30)22-11-7-20(8-12-22)23(28)24-15-13-19-5-9-21(10-6-19)27-18(3)16-17(2)26-27/h4-12,16,25H,1,13-15H2,2-3H3,(H,24,28). The molecule has 0 atom stereocenters. The zero-order valence-corrected chi connectivity index (χ0v) is 18.4. The lowest BCUT2D eigenvalue weighted by Crippen LogP contribution is -2.26. The van der Waals surface area contributed by atoms with Gasteiger partial charge in [0.1, 0.15) is 0 Å². The van der Waals surface area contributed by atoms with Crippen molar-refractivity contribution in [2.24, 2.45) is 0 Å². The quantitative estimate of drug-likeness (QED) is 0.503. The van der Waals surface area contributed by atoms with Gasteiger partial charge in [0.05, 0.1) is 16.3 Å². The van der Waals surface area contributed by atoms with Gasteiger partial charge < -0.3 is 5.32 Å². The lowest BCUT2D eigenvalue weighted by atomic mass is 10.1. The number of nitrogens with one attached hydrogen (secondary N) is 2. The Labute approximate surface area is 182 Å². The summed E-state index contributed by atoms with van der Waals surface area (Å²) in [5, 5.41) is 7.34. The molecule has 3 rings (SSSR count). The van der Waals surface area contributed by atoms with Crippen molar-refractivity contribution in [2.75, 3.05) is 13.1 Å². The smallest absolute Gasteiger partial charge is 0.251 e. The van der Waals surface area contributed by atoms with E-state index < -0.39 is 10.0 Å². The zero-order chi connectivity index (χ0) is 22.4. The molecule has 2 N–H and O–H groups in total. The van der Waals surface area contributed by atoms with E-state index in [1.165, 1.54) is 30.3 Å². The van der Waals surface area contributed by atoms with E-state index in [1.807, 2.05) is 48.9 Å². The van der Waals surface area contributed by atoms with Gasteiger partial charge >= 0.3 is 0 Å². The lowest BCUT2D eigenvalue weighted by molar-refractivity contribution is 0.0954. The van der Waals surface area contributed by atoms with Crippen molar-refractivity contribution in [3.05, 3.63) is 89.8 Å². The molecule has 0 spiro atoms. The second-order valence-corrected chi connectivity index (χ2v) is 8.94. The minimum Gasteiger partial charge on any atom is -0.352 e. The molecule has 0 radical (unpaired) electrons. The number of carbonyl (C=O) groups is 1. The average molecular weight is 439 g/mol. The van der Waals surface area contributed by atoms with Crippen LogP contribution in [0.15, 0.2) is 72.1 Å². The fourth-order valence-corrected chi connectivity index (χ4v) is 4.15. The van der Waals surface area contributed by atoms with Crippen molar-refractivity contribution in [3.63, 3.8) is 0 Å². The molecule has 1 aromatic heterocycles. The van der Waals surface area contributed by atoms with Crippen LogP contribution in [0.5, 0.6) is 0 Å². The summed E-state index contributed by atoms with van der Waals surface area (Å²) in [6.07, 6.45) is 2.15. The van der Waals surface area contributed by atoms with Gasteiger partial charge in [-0.3, -0.25) is 4.79 Å².